The van der Waals surface area contributed by atoms with E-state index in [1.54, 1.807) is 0 Å². The molecule has 0 bridgehead atoms. The lowest BCUT2D eigenvalue weighted by atomic mass is 10.1. The zero-order chi connectivity index (χ0) is 10.4. The molecule has 0 amide bonds. The van der Waals surface area contributed by atoms with E-state index in [-0.39, 0.29) is 0 Å². The molecule has 1 aromatic heterocycles. The Morgan fingerprint density at radius 3 is 2.47 bits per heavy atom. The van der Waals surface area contributed by atoms with Crippen LogP contribution in [0.5, 0.6) is 0 Å². The molecule has 0 saturated heterocycles. The minimum atomic E-state index is 1.30. The SMILES string of the molecule is Cc1ccc2c3ccccc3n(C)c2c1. The van der Waals surface area contributed by atoms with Crippen molar-refractivity contribution in [3.05, 3.63) is 48.0 Å². The summed E-state index contributed by atoms with van der Waals surface area (Å²) >= 11 is 0. The standard InChI is InChI=1S/C14H13N/c1-10-7-8-12-11-5-3-4-6-13(11)15(2)14(12)9-10/h3-9H,1-2H3. The number of hydrogen-bond donors (Lipinski definition) is 0. The quantitative estimate of drug-likeness (QED) is 0.516. The van der Waals surface area contributed by atoms with Crippen molar-refractivity contribution < 1.29 is 0 Å². The minimum Gasteiger partial charge on any atom is -0.344 e. The van der Waals surface area contributed by atoms with Gasteiger partial charge < -0.3 is 4.57 Å². The third-order valence-electron chi connectivity index (χ3n) is 3.07. The van der Waals surface area contributed by atoms with Crippen LogP contribution in [0.3, 0.4) is 0 Å². The molecule has 74 valence electrons. The largest absolute Gasteiger partial charge is 0.344 e. The third kappa shape index (κ3) is 1.09. The molecule has 3 aromatic rings. The topological polar surface area (TPSA) is 4.93 Å². The van der Waals surface area contributed by atoms with Gasteiger partial charge in [-0.1, -0.05) is 30.3 Å². The van der Waals surface area contributed by atoms with Crippen LogP contribution in [0.2, 0.25) is 0 Å². The molecule has 0 aliphatic rings. The molecule has 1 nitrogen and oxygen atoms in total. The van der Waals surface area contributed by atoms with Crippen LogP contribution in [0, 0.1) is 6.92 Å². The first kappa shape index (κ1) is 8.54. The number of benzene rings is 2. The maximum absolute atomic E-state index is 2.26. The van der Waals surface area contributed by atoms with E-state index < -0.39 is 0 Å². The molecule has 3 rings (SSSR count). The fourth-order valence-electron chi connectivity index (χ4n) is 2.27. The Morgan fingerprint density at radius 1 is 0.867 bits per heavy atom. The summed E-state index contributed by atoms with van der Waals surface area (Å²) < 4.78 is 2.26. The Hall–Kier alpha value is -1.76. The molecule has 0 aliphatic carbocycles. The van der Waals surface area contributed by atoms with Crippen molar-refractivity contribution in [2.75, 3.05) is 0 Å². The summed E-state index contributed by atoms with van der Waals surface area (Å²) in [7, 11) is 2.13. The molecular formula is C14H13N. The number of para-hydroxylation sites is 1. The molecule has 0 N–H and O–H groups in total. The predicted molar refractivity (Wildman–Crippen MR) is 65.2 cm³/mol. The first-order chi connectivity index (χ1) is 7.27. The van der Waals surface area contributed by atoms with Gasteiger partial charge in [0.1, 0.15) is 0 Å². The van der Waals surface area contributed by atoms with Gasteiger partial charge in [-0.15, -0.1) is 0 Å². The van der Waals surface area contributed by atoms with E-state index in [4.69, 9.17) is 0 Å². The van der Waals surface area contributed by atoms with Crippen LogP contribution in [0.1, 0.15) is 5.56 Å². The third-order valence-corrected chi connectivity index (χ3v) is 3.07. The van der Waals surface area contributed by atoms with E-state index >= 15 is 0 Å². The fraction of sp³-hybridized carbons (Fsp3) is 0.143. The summed E-state index contributed by atoms with van der Waals surface area (Å²) in [5.41, 5.74) is 3.93. The monoisotopic (exact) mass is 195 g/mol. The summed E-state index contributed by atoms with van der Waals surface area (Å²) in [6.45, 7) is 2.14. The van der Waals surface area contributed by atoms with Gasteiger partial charge in [0, 0.05) is 28.9 Å². The van der Waals surface area contributed by atoms with Gasteiger partial charge >= 0.3 is 0 Å². The first-order valence-electron chi connectivity index (χ1n) is 5.21. The second kappa shape index (κ2) is 2.86. The molecular weight excluding hydrogens is 182 g/mol. The van der Waals surface area contributed by atoms with Crippen molar-refractivity contribution in [3.63, 3.8) is 0 Å². The number of fused-ring (bicyclic) bond motifs is 3. The van der Waals surface area contributed by atoms with Crippen molar-refractivity contribution in [2.45, 2.75) is 6.92 Å². The lowest BCUT2D eigenvalue weighted by molar-refractivity contribution is 1.01. The Labute approximate surface area is 88.9 Å². The molecule has 1 heteroatoms. The summed E-state index contributed by atoms with van der Waals surface area (Å²) in [4.78, 5) is 0. The maximum atomic E-state index is 2.26. The molecule has 2 aromatic carbocycles. The first-order valence-corrected chi connectivity index (χ1v) is 5.21. The van der Waals surface area contributed by atoms with Crippen LogP contribution in [-0.4, -0.2) is 4.57 Å². The van der Waals surface area contributed by atoms with Crippen LogP contribution >= 0.6 is 0 Å². The second-order valence-corrected chi connectivity index (χ2v) is 4.10. The lowest BCUT2D eigenvalue weighted by Crippen LogP contribution is -1.86. The van der Waals surface area contributed by atoms with E-state index in [0.29, 0.717) is 0 Å². The maximum Gasteiger partial charge on any atom is 0.0491 e. The van der Waals surface area contributed by atoms with Crippen molar-refractivity contribution >= 4 is 21.8 Å². The Bertz CT molecular complexity index is 647. The number of aromatic nitrogens is 1. The predicted octanol–water partition coefficient (Wildman–Crippen LogP) is 3.64. The van der Waals surface area contributed by atoms with Crippen molar-refractivity contribution in [2.24, 2.45) is 7.05 Å². The van der Waals surface area contributed by atoms with E-state index in [1.165, 1.54) is 27.4 Å². The number of hydrogen-bond acceptors (Lipinski definition) is 0. The Morgan fingerprint density at radius 2 is 1.60 bits per heavy atom. The molecule has 1 heterocycles. The van der Waals surface area contributed by atoms with Crippen molar-refractivity contribution in [3.8, 4) is 0 Å². The average molecular weight is 195 g/mol. The van der Waals surface area contributed by atoms with Crippen molar-refractivity contribution in [1.82, 2.24) is 4.57 Å². The highest BCUT2D eigenvalue weighted by molar-refractivity contribution is 6.08. The zero-order valence-corrected chi connectivity index (χ0v) is 8.99. The molecule has 15 heavy (non-hydrogen) atoms. The van der Waals surface area contributed by atoms with Gasteiger partial charge in [0.25, 0.3) is 0 Å². The van der Waals surface area contributed by atoms with Gasteiger partial charge in [0.15, 0.2) is 0 Å². The normalized spacial score (nSPS) is 11.3. The molecule has 0 unspecified atom stereocenters. The van der Waals surface area contributed by atoms with E-state index in [1.807, 2.05) is 0 Å². The van der Waals surface area contributed by atoms with Gasteiger partial charge in [-0.2, -0.15) is 0 Å². The smallest absolute Gasteiger partial charge is 0.0491 e. The van der Waals surface area contributed by atoms with Crippen LogP contribution in [0.15, 0.2) is 42.5 Å². The van der Waals surface area contributed by atoms with Gasteiger partial charge in [-0.3, -0.25) is 0 Å². The van der Waals surface area contributed by atoms with E-state index in [9.17, 15) is 0 Å². The number of nitrogens with zero attached hydrogens (tertiary/aromatic N) is 1. The zero-order valence-electron chi connectivity index (χ0n) is 8.99. The van der Waals surface area contributed by atoms with Gasteiger partial charge in [-0.05, 0) is 24.6 Å². The van der Waals surface area contributed by atoms with E-state index in [2.05, 4.69) is 61.0 Å². The highest BCUT2D eigenvalue weighted by Gasteiger charge is 2.06. The van der Waals surface area contributed by atoms with Crippen LogP contribution in [-0.2, 0) is 7.05 Å². The molecule has 0 radical (unpaired) electrons. The van der Waals surface area contributed by atoms with Crippen LogP contribution in [0.25, 0.3) is 21.8 Å². The lowest BCUT2D eigenvalue weighted by Gasteiger charge is -1.97. The number of rotatable bonds is 0. The summed E-state index contributed by atoms with van der Waals surface area (Å²) in [6, 6.07) is 15.2. The van der Waals surface area contributed by atoms with Gasteiger partial charge in [-0.25, -0.2) is 0 Å². The fourth-order valence-corrected chi connectivity index (χ4v) is 2.27. The van der Waals surface area contributed by atoms with Crippen molar-refractivity contribution in [1.29, 1.82) is 0 Å². The highest BCUT2D eigenvalue weighted by Crippen LogP contribution is 2.28. The summed E-state index contributed by atoms with van der Waals surface area (Å²) in [6.07, 6.45) is 0. The number of aryl methyl sites for hydroxylation is 2. The average Bonchev–Trinajstić information content (AvgIpc) is 2.54. The van der Waals surface area contributed by atoms with Gasteiger partial charge in [0.05, 0.1) is 0 Å². The summed E-state index contributed by atoms with van der Waals surface area (Å²) in [5.74, 6) is 0. The van der Waals surface area contributed by atoms with Crippen LogP contribution in [0.4, 0.5) is 0 Å². The van der Waals surface area contributed by atoms with E-state index in [0.717, 1.165) is 0 Å². The molecule has 0 spiro atoms. The second-order valence-electron chi connectivity index (χ2n) is 4.10. The summed E-state index contributed by atoms with van der Waals surface area (Å²) in [5, 5.41) is 2.69. The Balaban J connectivity index is 2.63. The van der Waals surface area contributed by atoms with Crippen LogP contribution < -0.4 is 0 Å². The molecule has 0 fully saturated rings. The highest BCUT2D eigenvalue weighted by atomic mass is 14.9. The van der Waals surface area contributed by atoms with Gasteiger partial charge in [0.2, 0.25) is 0 Å². The molecule has 0 atom stereocenters. The minimum absolute atomic E-state index is 1.30. The molecule has 0 aliphatic heterocycles. The molecule has 0 saturated carbocycles. The Kier molecular flexibility index (Phi) is 1.63.